The summed E-state index contributed by atoms with van der Waals surface area (Å²) in [5, 5.41) is 27.5. The van der Waals surface area contributed by atoms with Crippen LogP contribution in [-0.2, 0) is 9.47 Å². The molecule has 4 atom stereocenters. The van der Waals surface area contributed by atoms with Crippen LogP contribution in [0.1, 0.15) is 13.8 Å². The van der Waals surface area contributed by atoms with Crippen LogP contribution < -0.4 is 0 Å². The molecule has 3 N–H and O–H groups in total. The van der Waals surface area contributed by atoms with Crippen LogP contribution >= 0.6 is 0 Å². The van der Waals surface area contributed by atoms with Crippen LogP contribution in [0.2, 0.25) is 0 Å². The van der Waals surface area contributed by atoms with Gasteiger partial charge in [-0.2, -0.15) is 0 Å². The third kappa shape index (κ3) is 2.38. The summed E-state index contributed by atoms with van der Waals surface area (Å²) in [6.45, 7) is 3.28. The first-order valence-electron chi connectivity index (χ1n) is 4.34. The first-order chi connectivity index (χ1) is 6.06. The molecule has 1 fully saturated rings. The van der Waals surface area contributed by atoms with Gasteiger partial charge in [0, 0.05) is 0 Å². The fraction of sp³-hybridized carbons (Fsp3) is 1.00. The van der Waals surface area contributed by atoms with E-state index in [0.717, 1.165) is 0 Å². The molecule has 78 valence electrons. The smallest absolute Gasteiger partial charge is 0.186 e. The molecule has 1 heterocycles. The Balaban J connectivity index is 2.50. The van der Waals surface area contributed by atoms with Crippen molar-refractivity contribution in [1.29, 1.82) is 0 Å². The molecule has 0 saturated carbocycles. The summed E-state index contributed by atoms with van der Waals surface area (Å²) in [7, 11) is 0. The standard InChI is InChI=1S/C8H16O5/c1-4(2)12-8-7(11)6(10)5(3-9)13-8/h4-11H,3H2,1-2H3. The van der Waals surface area contributed by atoms with E-state index in [1.165, 1.54) is 0 Å². The molecular formula is C8H16O5. The largest absolute Gasteiger partial charge is 0.394 e. The minimum absolute atomic E-state index is 0.0932. The normalized spacial score (nSPS) is 40.2. The van der Waals surface area contributed by atoms with Crippen LogP contribution in [-0.4, -0.2) is 52.6 Å². The van der Waals surface area contributed by atoms with Crippen LogP contribution in [0.15, 0.2) is 0 Å². The second-order valence-corrected chi connectivity index (χ2v) is 3.39. The zero-order valence-electron chi connectivity index (χ0n) is 7.75. The van der Waals surface area contributed by atoms with E-state index in [0.29, 0.717) is 0 Å². The van der Waals surface area contributed by atoms with Crippen molar-refractivity contribution >= 4 is 0 Å². The van der Waals surface area contributed by atoms with E-state index >= 15 is 0 Å². The third-order valence-electron chi connectivity index (χ3n) is 1.90. The molecule has 0 aromatic rings. The van der Waals surface area contributed by atoms with E-state index in [1.807, 2.05) is 0 Å². The molecule has 0 radical (unpaired) electrons. The maximum atomic E-state index is 9.40. The van der Waals surface area contributed by atoms with Gasteiger partial charge in [-0.05, 0) is 13.8 Å². The maximum Gasteiger partial charge on any atom is 0.186 e. The van der Waals surface area contributed by atoms with Crippen molar-refractivity contribution in [2.45, 2.75) is 44.6 Å². The van der Waals surface area contributed by atoms with E-state index in [9.17, 15) is 10.2 Å². The van der Waals surface area contributed by atoms with Gasteiger partial charge in [-0.25, -0.2) is 0 Å². The minimum atomic E-state index is -1.08. The second-order valence-electron chi connectivity index (χ2n) is 3.39. The summed E-state index contributed by atoms with van der Waals surface area (Å²) in [5.41, 5.74) is 0. The molecule has 1 aliphatic rings. The van der Waals surface area contributed by atoms with Gasteiger partial charge in [-0.3, -0.25) is 0 Å². The average molecular weight is 192 g/mol. The Hall–Kier alpha value is -0.200. The number of hydrogen-bond acceptors (Lipinski definition) is 5. The molecule has 0 aromatic carbocycles. The highest BCUT2D eigenvalue weighted by molar-refractivity contribution is 4.86. The van der Waals surface area contributed by atoms with E-state index in [1.54, 1.807) is 13.8 Å². The van der Waals surface area contributed by atoms with Gasteiger partial charge in [0.25, 0.3) is 0 Å². The number of aliphatic hydroxyl groups excluding tert-OH is 3. The van der Waals surface area contributed by atoms with Gasteiger partial charge < -0.3 is 24.8 Å². The fourth-order valence-corrected chi connectivity index (χ4v) is 1.25. The Morgan fingerprint density at radius 2 is 1.92 bits per heavy atom. The van der Waals surface area contributed by atoms with Gasteiger partial charge in [0.05, 0.1) is 12.7 Å². The summed E-state index contributed by atoms with van der Waals surface area (Å²) >= 11 is 0. The summed E-state index contributed by atoms with van der Waals surface area (Å²) in [4.78, 5) is 0. The number of ether oxygens (including phenoxy) is 2. The first kappa shape index (κ1) is 10.9. The lowest BCUT2D eigenvalue weighted by atomic mass is 10.1. The Kier molecular flexibility index (Phi) is 3.63. The third-order valence-corrected chi connectivity index (χ3v) is 1.90. The van der Waals surface area contributed by atoms with Gasteiger partial charge in [0.1, 0.15) is 18.3 Å². The number of aliphatic hydroxyl groups is 3. The predicted molar refractivity (Wildman–Crippen MR) is 44.0 cm³/mol. The van der Waals surface area contributed by atoms with Gasteiger partial charge in [-0.1, -0.05) is 0 Å². The van der Waals surface area contributed by atoms with Crippen molar-refractivity contribution in [3.05, 3.63) is 0 Å². The Morgan fingerprint density at radius 3 is 2.31 bits per heavy atom. The maximum absolute atomic E-state index is 9.40. The molecule has 13 heavy (non-hydrogen) atoms. The first-order valence-corrected chi connectivity index (χ1v) is 4.34. The molecule has 0 aromatic heterocycles. The summed E-state index contributed by atoms with van der Waals surface area (Å²) in [6, 6.07) is 0. The highest BCUT2D eigenvalue weighted by Crippen LogP contribution is 2.22. The topological polar surface area (TPSA) is 79.2 Å². The summed E-state index contributed by atoms with van der Waals surface area (Å²) in [5.74, 6) is 0. The Morgan fingerprint density at radius 1 is 1.31 bits per heavy atom. The molecule has 1 saturated heterocycles. The lowest BCUT2D eigenvalue weighted by molar-refractivity contribution is -0.186. The van der Waals surface area contributed by atoms with Crippen molar-refractivity contribution in [1.82, 2.24) is 0 Å². The van der Waals surface area contributed by atoms with Gasteiger partial charge in [0.2, 0.25) is 0 Å². The van der Waals surface area contributed by atoms with E-state index in [4.69, 9.17) is 14.6 Å². The van der Waals surface area contributed by atoms with Crippen molar-refractivity contribution in [2.75, 3.05) is 6.61 Å². The molecule has 0 spiro atoms. The average Bonchev–Trinajstić information content (AvgIpc) is 2.32. The van der Waals surface area contributed by atoms with E-state index < -0.39 is 24.6 Å². The van der Waals surface area contributed by atoms with E-state index in [2.05, 4.69) is 0 Å². The fourth-order valence-electron chi connectivity index (χ4n) is 1.25. The lowest BCUT2D eigenvalue weighted by Crippen LogP contribution is -2.35. The molecule has 1 aliphatic heterocycles. The Bertz CT molecular complexity index is 161. The monoisotopic (exact) mass is 192 g/mol. The molecule has 0 bridgehead atoms. The SMILES string of the molecule is CC(C)OC1OC(CO)C(O)C1O. The van der Waals surface area contributed by atoms with Crippen LogP contribution in [0, 0.1) is 0 Å². The summed E-state index contributed by atoms with van der Waals surface area (Å²) in [6.07, 6.45) is -3.84. The van der Waals surface area contributed by atoms with Crippen molar-refractivity contribution in [3.8, 4) is 0 Å². The quantitative estimate of drug-likeness (QED) is 0.526. The van der Waals surface area contributed by atoms with Gasteiger partial charge >= 0.3 is 0 Å². The van der Waals surface area contributed by atoms with Gasteiger partial charge in [0.15, 0.2) is 6.29 Å². The molecule has 5 nitrogen and oxygen atoms in total. The van der Waals surface area contributed by atoms with Crippen LogP contribution in [0.4, 0.5) is 0 Å². The molecule has 0 aliphatic carbocycles. The minimum Gasteiger partial charge on any atom is -0.394 e. The molecule has 4 unspecified atom stereocenters. The van der Waals surface area contributed by atoms with Crippen LogP contribution in [0.3, 0.4) is 0 Å². The highest BCUT2D eigenvalue weighted by Gasteiger charge is 2.43. The second kappa shape index (κ2) is 4.34. The molecular weight excluding hydrogens is 176 g/mol. The predicted octanol–water partition coefficient (Wildman–Crippen LogP) is -1.15. The highest BCUT2D eigenvalue weighted by atomic mass is 16.7. The Labute approximate surface area is 76.9 Å². The van der Waals surface area contributed by atoms with Crippen molar-refractivity contribution in [3.63, 3.8) is 0 Å². The van der Waals surface area contributed by atoms with Crippen molar-refractivity contribution < 1.29 is 24.8 Å². The van der Waals surface area contributed by atoms with E-state index in [-0.39, 0.29) is 12.7 Å². The zero-order valence-corrected chi connectivity index (χ0v) is 7.75. The summed E-state index contributed by atoms with van der Waals surface area (Å²) < 4.78 is 10.3. The number of rotatable bonds is 3. The van der Waals surface area contributed by atoms with Crippen LogP contribution in [0.25, 0.3) is 0 Å². The van der Waals surface area contributed by atoms with Gasteiger partial charge in [-0.15, -0.1) is 0 Å². The lowest BCUT2D eigenvalue weighted by Gasteiger charge is -2.17. The number of hydrogen-bond donors (Lipinski definition) is 3. The zero-order chi connectivity index (χ0) is 10.0. The van der Waals surface area contributed by atoms with Crippen molar-refractivity contribution in [2.24, 2.45) is 0 Å². The van der Waals surface area contributed by atoms with Crippen LogP contribution in [0.5, 0.6) is 0 Å². The molecule has 5 heteroatoms. The molecule has 1 rings (SSSR count). The molecule has 0 amide bonds.